The Morgan fingerprint density at radius 3 is 2.82 bits per heavy atom. The van der Waals surface area contributed by atoms with Crippen molar-refractivity contribution in [3.8, 4) is 11.3 Å². The summed E-state index contributed by atoms with van der Waals surface area (Å²) in [5.74, 6) is 1.54. The lowest BCUT2D eigenvalue weighted by molar-refractivity contribution is 0.0606. The monoisotopic (exact) mass is 297 g/mol. The quantitative estimate of drug-likeness (QED) is 0.943. The van der Waals surface area contributed by atoms with Gasteiger partial charge in [-0.2, -0.15) is 0 Å². The Hall–Kier alpha value is -2.14. The number of nitrogens with zero attached hydrogens (tertiary/aromatic N) is 2. The van der Waals surface area contributed by atoms with Crippen molar-refractivity contribution in [3.63, 3.8) is 0 Å². The molecule has 3 aliphatic heterocycles. The highest BCUT2D eigenvalue weighted by Crippen LogP contribution is 2.28. The van der Waals surface area contributed by atoms with Crippen LogP contribution in [-0.2, 0) is 0 Å². The van der Waals surface area contributed by atoms with E-state index >= 15 is 0 Å². The third-order valence-corrected chi connectivity index (χ3v) is 4.75. The van der Waals surface area contributed by atoms with E-state index in [-0.39, 0.29) is 11.9 Å². The van der Waals surface area contributed by atoms with Crippen LogP contribution in [0.2, 0.25) is 0 Å². The largest absolute Gasteiger partial charge is 0.451 e. The molecule has 1 amide bonds. The Kier molecular flexibility index (Phi) is 3.42. The second kappa shape index (κ2) is 5.57. The Balaban J connectivity index is 1.46. The molecule has 0 radical (unpaired) electrons. The summed E-state index contributed by atoms with van der Waals surface area (Å²) >= 11 is 0. The molecule has 5 nitrogen and oxygen atoms in total. The molecule has 0 unspecified atom stereocenters. The van der Waals surface area contributed by atoms with E-state index in [1.165, 1.54) is 25.9 Å². The van der Waals surface area contributed by atoms with E-state index in [1.807, 2.05) is 18.2 Å². The third-order valence-electron chi connectivity index (χ3n) is 4.75. The number of furan rings is 1. The molecule has 0 aromatic carbocycles. The lowest BCUT2D eigenvalue weighted by atomic mass is 9.84. The number of carbonyl (C=O) groups excluding carboxylic acids is 1. The Labute approximate surface area is 129 Å². The number of pyridine rings is 1. The minimum absolute atomic E-state index is 0.117. The average Bonchev–Trinajstić information content (AvgIpc) is 3.07. The fraction of sp³-hybridized carbons (Fsp3) is 0.412. The maximum absolute atomic E-state index is 12.4. The van der Waals surface area contributed by atoms with Crippen molar-refractivity contribution in [2.24, 2.45) is 5.92 Å². The van der Waals surface area contributed by atoms with Gasteiger partial charge in [0.2, 0.25) is 0 Å². The van der Waals surface area contributed by atoms with E-state index in [0.29, 0.717) is 17.4 Å². The topological polar surface area (TPSA) is 58.4 Å². The van der Waals surface area contributed by atoms with Gasteiger partial charge in [0.15, 0.2) is 5.76 Å². The molecular weight excluding hydrogens is 278 g/mol. The van der Waals surface area contributed by atoms with Gasteiger partial charge in [-0.25, -0.2) is 0 Å². The summed E-state index contributed by atoms with van der Waals surface area (Å²) in [5.41, 5.74) is 0.879. The molecule has 22 heavy (non-hydrogen) atoms. The molecule has 3 saturated heterocycles. The number of hydrogen-bond acceptors (Lipinski definition) is 4. The van der Waals surface area contributed by atoms with Crippen molar-refractivity contribution in [2.45, 2.75) is 18.9 Å². The number of piperidine rings is 3. The average molecular weight is 297 g/mol. The van der Waals surface area contributed by atoms with Gasteiger partial charge in [-0.3, -0.25) is 9.78 Å². The Morgan fingerprint density at radius 1 is 1.27 bits per heavy atom. The van der Waals surface area contributed by atoms with Gasteiger partial charge in [0.05, 0.1) is 0 Å². The van der Waals surface area contributed by atoms with Crippen molar-refractivity contribution < 1.29 is 9.21 Å². The van der Waals surface area contributed by atoms with Gasteiger partial charge in [0.25, 0.3) is 5.91 Å². The number of rotatable bonds is 3. The molecule has 114 valence electrons. The van der Waals surface area contributed by atoms with E-state index in [9.17, 15) is 4.79 Å². The normalized spacial score (nSPS) is 26.8. The van der Waals surface area contributed by atoms with Crippen LogP contribution in [0.1, 0.15) is 23.4 Å². The van der Waals surface area contributed by atoms with Crippen LogP contribution in [0, 0.1) is 5.92 Å². The predicted octanol–water partition coefficient (Wildman–Crippen LogP) is 2.17. The molecular formula is C17H19N3O2. The smallest absolute Gasteiger partial charge is 0.287 e. The zero-order valence-corrected chi connectivity index (χ0v) is 12.4. The standard InChI is InChI=1S/C17H19N3O2/c21-17(19-14-11-20-8-5-12(14)6-9-20)16-4-3-15(22-16)13-2-1-7-18-10-13/h1-4,7,10,12,14H,5-6,8-9,11H2,(H,19,21)/t14-/m0/s1. The van der Waals surface area contributed by atoms with Gasteiger partial charge in [0.1, 0.15) is 5.76 Å². The van der Waals surface area contributed by atoms with E-state index in [0.717, 1.165) is 12.1 Å². The first kappa shape index (κ1) is 13.5. The highest BCUT2D eigenvalue weighted by Gasteiger charge is 2.35. The minimum atomic E-state index is -0.117. The molecule has 3 fully saturated rings. The molecule has 1 atom stereocenters. The zero-order valence-electron chi connectivity index (χ0n) is 12.4. The SMILES string of the molecule is O=C(N[C@H]1CN2CCC1CC2)c1ccc(-c2cccnc2)o1. The summed E-state index contributed by atoms with van der Waals surface area (Å²) in [6, 6.07) is 7.58. The Bertz CT molecular complexity index is 660. The molecule has 0 saturated carbocycles. The predicted molar refractivity (Wildman–Crippen MR) is 82.4 cm³/mol. The summed E-state index contributed by atoms with van der Waals surface area (Å²) in [5, 5.41) is 3.14. The maximum Gasteiger partial charge on any atom is 0.287 e. The molecule has 2 aromatic heterocycles. The number of fused-ring (bicyclic) bond motifs is 3. The van der Waals surface area contributed by atoms with Crippen LogP contribution in [0.15, 0.2) is 41.1 Å². The third kappa shape index (κ3) is 2.52. The maximum atomic E-state index is 12.4. The highest BCUT2D eigenvalue weighted by atomic mass is 16.3. The molecule has 3 aliphatic rings. The van der Waals surface area contributed by atoms with Crippen molar-refractivity contribution >= 4 is 5.91 Å². The lowest BCUT2D eigenvalue weighted by Crippen LogP contribution is -2.57. The molecule has 0 aliphatic carbocycles. The van der Waals surface area contributed by atoms with Crippen LogP contribution in [0.25, 0.3) is 11.3 Å². The number of aromatic nitrogens is 1. The van der Waals surface area contributed by atoms with Crippen LogP contribution in [0.5, 0.6) is 0 Å². The lowest BCUT2D eigenvalue weighted by Gasteiger charge is -2.44. The summed E-state index contributed by atoms with van der Waals surface area (Å²) in [6.45, 7) is 3.30. The van der Waals surface area contributed by atoms with Crippen LogP contribution in [0.4, 0.5) is 0 Å². The van der Waals surface area contributed by atoms with E-state index in [4.69, 9.17) is 4.42 Å². The fourth-order valence-corrected chi connectivity index (χ4v) is 3.49. The molecule has 1 N–H and O–H groups in total. The molecule has 5 rings (SSSR count). The number of hydrogen-bond donors (Lipinski definition) is 1. The number of carbonyl (C=O) groups is 1. The van der Waals surface area contributed by atoms with Crippen LogP contribution in [-0.4, -0.2) is 41.5 Å². The van der Waals surface area contributed by atoms with E-state index < -0.39 is 0 Å². The highest BCUT2D eigenvalue weighted by molar-refractivity contribution is 5.92. The van der Waals surface area contributed by atoms with Gasteiger partial charge in [-0.1, -0.05) is 0 Å². The first-order valence-electron chi connectivity index (χ1n) is 7.83. The minimum Gasteiger partial charge on any atom is -0.451 e. The summed E-state index contributed by atoms with van der Waals surface area (Å²) in [4.78, 5) is 18.9. The van der Waals surface area contributed by atoms with E-state index in [1.54, 1.807) is 18.5 Å². The number of nitrogens with one attached hydrogen (secondary N) is 1. The van der Waals surface area contributed by atoms with Crippen LogP contribution >= 0.6 is 0 Å². The van der Waals surface area contributed by atoms with Crippen molar-refractivity contribution in [3.05, 3.63) is 42.4 Å². The van der Waals surface area contributed by atoms with Crippen LogP contribution < -0.4 is 5.32 Å². The first-order valence-corrected chi connectivity index (χ1v) is 7.83. The van der Waals surface area contributed by atoms with Gasteiger partial charge in [-0.05, 0) is 56.1 Å². The van der Waals surface area contributed by atoms with Crippen LogP contribution in [0.3, 0.4) is 0 Å². The Morgan fingerprint density at radius 2 is 2.14 bits per heavy atom. The fourth-order valence-electron chi connectivity index (χ4n) is 3.49. The molecule has 2 bridgehead atoms. The number of amides is 1. The van der Waals surface area contributed by atoms with Gasteiger partial charge in [0, 0.05) is 30.5 Å². The first-order chi connectivity index (χ1) is 10.8. The molecule has 5 heterocycles. The summed E-state index contributed by atoms with van der Waals surface area (Å²) < 4.78 is 5.69. The van der Waals surface area contributed by atoms with Gasteiger partial charge < -0.3 is 14.6 Å². The zero-order chi connectivity index (χ0) is 14.9. The van der Waals surface area contributed by atoms with E-state index in [2.05, 4.69) is 15.2 Å². The van der Waals surface area contributed by atoms with Gasteiger partial charge in [-0.15, -0.1) is 0 Å². The summed E-state index contributed by atoms with van der Waals surface area (Å²) in [7, 11) is 0. The second-order valence-corrected chi connectivity index (χ2v) is 6.12. The second-order valence-electron chi connectivity index (χ2n) is 6.12. The summed E-state index contributed by atoms with van der Waals surface area (Å²) in [6.07, 6.45) is 5.81. The molecule has 5 heteroatoms. The molecule has 0 spiro atoms. The van der Waals surface area contributed by atoms with Crippen molar-refractivity contribution in [2.75, 3.05) is 19.6 Å². The molecule has 2 aromatic rings. The van der Waals surface area contributed by atoms with Gasteiger partial charge >= 0.3 is 0 Å². The van der Waals surface area contributed by atoms with Crippen molar-refractivity contribution in [1.29, 1.82) is 0 Å². The van der Waals surface area contributed by atoms with Crippen molar-refractivity contribution in [1.82, 2.24) is 15.2 Å².